The van der Waals surface area contributed by atoms with Gasteiger partial charge in [0.1, 0.15) is 18.7 Å². The molecule has 2 rings (SSSR count). The number of esters is 1. The van der Waals surface area contributed by atoms with E-state index >= 15 is 0 Å². The first-order chi connectivity index (χ1) is 17.1. The number of amides is 4. The van der Waals surface area contributed by atoms with Crippen LogP contribution in [0.5, 0.6) is 0 Å². The molecule has 2 heterocycles. The SMILES string of the molecule is C=CCOC(=O)CC[C@H](NC(=O)[C@@H]1CCCN2C(=O)CC[C@H](NC(=O)C(C)C)C(=O)N12)C(=O)C=[N+]=[N-]. The van der Waals surface area contributed by atoms with Gasteiger partial charge in [-0.25, -0.2) is 5.01 Å². The molecule has 0 aromatic rings. The Hall–Kier alpha value is -3.86. The van der Waals surface area contributed by atoms with E-state index in [1.807, 2.05) is 0 Å². The Morgan fingerprint density at radius 2 is 1.97 bits per heavy atom. The van der Waals surface area contributed by atoms with E-state index in [-0.39, 0.29) is 63.0 Å². The van der Waals surface area contributed by atoms with Crippen LogP contribution in [0.4, 0.5) is 0 Å². The standard InChI is InChI=1S/C23H32N6O7/c1-4-12-36-20(32)10-8-15(18(30)13-25-24)26-22(34)17-6-5-11-28-19(31)9-7-16(23(35)29(17)28)27-21(33)14(2)3/h4,13-17H,1,5-12H2,2-3H3,(H,26,34)(H,27,33)/t15-,16-,17-/m0/s1. The van der Waals surface area contributed by atoms with Gasteiger partial charge in [-0.1, -0.05) is 26.5 Å². The van der Waals surface area contributed by atoms with E-state index in [0.29, 0.717) is 12.6 Å². The number of fused-ring (bicyclic) bond motifs is 1. The van der Waals surface area contributed by atoms with Crippen molar-refractivity contribution in [2.24, 2.45) is 5.92 Å². The molecule has 196 valence electrons. The van der Waals surface area contributed by atoms with Crippen molar-refractivity contribution in [1.29, 1.82) is 0 Å². The van der Waals surface area contributed by atoms with E-state index in [1.165, 1.54) is 11.1 Å². The van der Waals surface area contributed by atoms with E-state index in [1.54, 1.807) is 13.8 Å². The molecule has 2 N–H and O–H groups in total. The first-order valence-corrected chi connectivity index (χ1v) is 11.8. The van der Waals surface area contributed by atoms with Crippen molar-refractivity contribution in [1.82, 2.24) is 20.7 Å². The average Bonchev–Trinajstić information content (AvgIpc) is 2.97. The highest BCUT2D eigenvalue weighted by molar-refractivity contribution is 6.28. The molecular formula is C23H32N6O7. The van der Waals surface area contributed by atoms with Crippen molar-refractivity contribution in [2.75, 3.05) is 13.2 Å². The topological polar surface area (TPSA) is 179 Å². The van der Waals surface area contributed by atoms with Crippen LogP contribution in [0.3, 0.4) is 0 Å². The second-order valence-electron chi connectivity index (χ2n) is 8.83. The number of hydrogen-bond acceptors (Lipinski definition) is 7. The fourth-order valence-corrected chi connectivity index (χ4v) is 3.93. The highest BCUT2D eigenvalue weighted by atomic mass is 16.5. The molecule has 2 saturated heterocycles. The molecule has 0 spiro atoms. The molecule has 13 heteroatoms. The molecule has 2 aliphatic rings. The molecule has 2 aliphatic heterocycles. The minimum Gasteiger partial charge on any atom is -0.461 e. The van der Waals surface area contributed by atoms with E-state index in [2.05, 4.69) is 22.0 Å². The Bertz CT molecular complexity index is 959. The Morgan fingerprint density at radius 1 is 1.25 bits per heavy atom. The minimum atomic E-state index is -1.24. The summed E-state index contributed by atoms with van der Waals surface area (Å²) in [7, 11) is 0. The molecule has 0 bridgehead atoms. The summed E-state index contributed by atoms with van der Waals surface area (Å²) in [6.45, 7) is 6.99. The fraction of sp³-hybridized carbons (Fsp3) is 0.609. The van der Waals surface area contributed by atoms with Crippen LogP contribution in [-0.2, 0) is 33.5 Å². The monoisotopic (exact) mass is 504 g/mol. The number of carbonyl (C=O) groups excluding carboxylic acids is 6. The first-order valence-electron chi connectivity index (χ1n) is 11.8. The highest BCUT2D eigenvalue weighted by Gasteiger charge is 2.45. The van der Waals surface area contributed by atoms with Gasteiger partial charge in [0, 0.05) is 25.3 Å². The molecule has 0 aromatic heterocycles. The normalized spacial score (nSPS) is 20.4. The van der Waals surface area contributed by atoms with E-state index in [4.69, 9.17) is 10.3 Å². The van der Waals surface area contributed by atoms with Gasteiger partial charge in [0.2, 0.25) is 17.7 Å². The lowest BCUT2D eigenvalue weighted by Gasteiger charge is -2.43. The van der Waals surface area contributed by atoms with Crippen LogP contribution in [0.25, 0.3) is 5.53 Å². The van der Waals surface area contributed by atoms with Crippen LogP contribution in [0.2, 0.25) is 0 Å². The number of hydrogen-bond donors (Lipinski definition) is 2. The van der Waals surface area contributed by atoms with Crippen molar-refractivity contribution >= 4 is 41.6 Å². The minimum absolute atomic E-state index is 0.0144. The van der Waals surface area contributed by atoms with E-state index in [9.17, 15) is 28.8 Å². The summed E-state index contributed by atoms with van der Waals surface area (Å²) in [5, 5.41) is 7.44. The van der Waals surface area contributed by atoms with Crippen LogP contribution < -0.4 is 10.6 Å². The average molecular weight is 505 g/mol. The lowest BCUT2D eigenvalue weighted by molar-refractivity contribution is -0.176. The first kappa shape index (κ1) is 28.4. The van der Waals surface area contributed by atoms with Crippen LogP contribution in [-0.4, -0.2) is 87.7 Å². The maximum absolute atomic E-state index is 13.4. The quantitative estimate of drug-likeness (QED) is 0.125. The number of rotatable bonds is 11. The largest absolute Gasteiger partial charge is 0.461 e. The third kappa shape index (κ3) is 7.32. The lowest BCUT2D eigenvalue weighted by Crippen LogP contribution is -2.64. The number of nitrogens with one attached hydrogen (secondary N) is 2. The maximum atomic E-state index is 13.4. The van der Waals surface area contributed by atoms with E-state index < -0.39 is 41.7 Å². The molecule has 0 saturated carbocycles. The van der Waals surface area contributed by atoms with Crippen molar-refractivity contribution < 1.29 is 38.3 Å². The highest BCUT2D eigenvalue weighted by Crippen LogP contribution is 2.25. The number of hydrazine groups is 1. The molecule has 36 heavy (non-hydrogen) atoms. The zero-order valence-corrected chi connectivity index (χ0v) is 20.5. The van der Waals surface area contributed by atoms with Crippen LogP contribution in [0.1, 0.15) is 52.4 Å². The third-order valence-corrected chi connectivity index (χ3v) is 5.85. The lowest BCUT2D eigenvalue weighted by atomic mass is 10.0. The predicted molar refractivity (Wildman–Crippen MR) is 125 cm³/mol. The summed E-state index contributed by atoms with van der Waals surface area (Å²) in [5.74, 6) is -3.80. The molecule has 4 amide bonds. The molecule has 0 unspecified atom stereocenters. The number of Topliss-reactive ketones (excluding diaryl/α,β-unsaturated/α-hetero) is 1. The van der Waals surface area contributed by atoms with Gasteiger partial charge in [0.05, 0.1) is 6.04 Å². The summed E-state index contributed by atoms with van der Waals surface area (Å²) in [4.78, 5) is 78.5. The Labute approximate surface area is 208 Å². The van der Waals surface area contributed by atoms with Crippen LogP contribution in [0.15, 0.2) is 12.7 Å². The molecule has 3 atom stereocenters. The molecule has 13 nitrogen and oxygen atoms in total. The predicted octanol–water partition coefficient (Wildman–Crippen LogP) is -0.480. The van der Waals surface area contributed by atoms with Gasteiger partial charge < -0.3 is 20.9 Å². The van der Waals surface area contributed by atoms with E-state index in [0.717, 1.165) is 5.01 Å². The second kappa shape index (κ2) is 13.3. The van der Waals surface area contributed by atoms with Gasteiger partial charge in [-0.3, -0.25) is 33.8 Å². The summed E-state index contributed by atoms with van der Waals surface area (Å²) < 4.78 is 4.88. The smallest absolute Gasteiger partial charge is 0.325 e. The van der Waals surface area contributed by atoms with Crippen molar-refractivity contribution in [3.8, 4) is 0 Å². The van der Waals surface area contributed by atoms with Crippen molar-refractivity contribution in [2.45, 2.75) is 70.5 Å². The van der Waals surface area contributed by atoms with Crippen molar-refractivity contribution in [3.63, 3.8) is 0 Å². The zero-order valence-electron chi connectivity index (χ0n) is 20.5. The van der Waals surface area contributed by atoms with Crippen LogP contribution in [0, 0.1) is 5.92 Å². The summed E-state index contributed by atoms with van der Waals surface area (Å²) in [6, 6.07) is -3.35. The Morgan fingerprint density at radius 3 is 2.61 bits per heavy atom. The van der Waals surface area contributed by atoms with Gasteiger partial charge in [-0.05, 0) is 25.7 Å². The van der Waals surface area contributed by atoms with Crippen molar-refractivity contribution in [3.05, 3.63) is 18.2 Å². The van der Waals surface area contributed by atoms with Gasteiger partial charge in [-0.15, -0.1) is 0 Å². The number of carbonyl (C=O) groups is 6. The molecule has 2 fully saturated rings. The summed E-state index contributed by atoms with van der Waals surface area (Å²) in [5.41, 5.74) is 8.75. The summed E-state index contributed by atoms with van der Waals surface area (Å²) >= 11 is 0. The summed E-state index contributed by atoms with van der Waals surface area (Å²) in [6.07, 6.45) is 2.37. The zero-order chi connectivity index (χ0) is 26.8. The number of nitrogens with zero attached hydrogens (tertiary/aromatic N) is 4. The van der Waals surface area contributed by atoms with Gasteiger partial charge in [0.15, 0.2) is 0 Å². The number of ketones is 1. The van der Waals surface area contributed by atoms with Gasteiger partial charge in [0.25, 0.3) is 11.7 Å². The van der Waals surface area contributed by atoms with Gasteiger partial charge in [-0.2, -0.15) is 4.79 Å². The third-order valence-electron chi connectivity index (χ3n) is 5.85. The Kier molecular flexibility index (Phi) is 10.5. The molecule has 0 radical (unpaired) electrons. The molecule has 0 aromatic carbocycles. The maximum Gasteiger partial charge on any atom is 0.325 e. The molecular weight excluding hydrogens is 472 g/mol. The second-order valence-corrected chi connectivity index (χ2v) is 8.83. The molecule has 0 aliphatic carbocycles. The van der Waals surface area contributed by atoms with Crippen LogP contribution >= 0.6 is 0 Å². The number of ether oxygens (including phenoxy) is 1. The Balaban J connectivity index is 2.24. The fourth-order valence-electron chi connectivity index (χ4n) is 3.93. The van der Waals surface area contributed by atoms with Gasteiger partial charge >= 0.3 is 12.2 Å².